The molecule has 0 fully saturated rings. The minimum atomic E-state index is 0.689. The summed E-state index contributed by atoms with van der Waals surface area (Å²) in [5.74, 6) is 0. The van der Waals surface area contributed by atoms with E-state index in [0.717, 1.165) is 21.0 Å². The molecule has 1 aromatic heterocycles. The van der Waals surface area contributed by atoms with E-state index in [2.05, 4.69) is 15.9 Å². The number of hydrogen-bond acceptors (Lipinski definition) is 2. The van der Waals surface area contributed by atoms with Gasteiger partial charge in [-0.15, -0.1) is 0 Å². The maximum absolute atomic E-state index is 5.70. The van der Waals surface area contributed by atoms with Gasteiger partial charge in [0, 0.05) is 9.86 Å². The van der Waals surface area contributed by atoms with Gasteiger partial charge < -0.3 is 10.2 Å². The number of anilines is 1. The van der Waals surface area contributed by atoms with E-state index in [4.69, 9.17) is 10.2 Å². The fraction of sp³-hybridized carbons (Fsp3) is 0.111. The first kappa shape index (κ1) is 7.68. The quantitative estimate of drug-likeness (QED) is 0.749. The second-order valence-electron chi connectivity index (χ2n) is 2.79. The third kappa shape index (κ3) is 1.01. The Labute approximate surface area is 78.5 Å². The summed E-state index contributed by atoms with van der Waals surface area (Å²) in [6.07, 6.45) is 1.57. The number of nitrogens with two attached hydrogens (primary N) is 1. The first-order valence-corrected chi connectivity index (χ1v) is 4.40. The first-order chi connectivity index (χ1) is 5.68. The highest BCUT2D eigenvalue weighted by molar-refractivity contribution is 9.10. The smallest absolute Gasteiger partial charge is 0.139 e. The molecule has 0 atom stereocenters. The Morgan fingerprint density at radius 1 is 1.42 bits per heavy atom. The normalized spacial score (nSPS) is 10.8. The van der Waals surface area contributed by atoms with Crippen LogP contribution in [0.4, 0.5) is 5.69 Å². The summed E-state index contributed by atoms with van der Waals surface area (Å²) >= 11 is 3.40. The summed E-state index contributed by atoms with van der Waals surface area (Å²) in [6, 6.07) is 3.96. The Morgan fingerprint density at radius 3 is 2.92 bits per heavy atom. The van der Waals surface area contributed by atoms with Gasteiger partial charge in [-0.1, -0.05) is 15.9 Å². The van der Waals surface area contributed by atoms with Crippen molar-refractivity contribution in [3.63, 3.8) is 0 Å². The molecule has 0 unspecified atom stereocenters. The molecular formula is C9H8BrNO. The Balaban J connectivity index is 2.92. The predicted octanol–water partition coefficient (Wildman–Crippen LogP) is 3.09. The largest absolute Gasteiger partial charge is 0.462 e. The van der Waals surface area contributed by atoms with Gasteiger partial charge in [0.05, 0.1) is 5.69 Å². The van der Waals surface area contributed by atoms with Crippen LogP contribution in [-0.4, -0.2) is 0 Å². The van der Waals surface area contributed by atoms with E-state index in [1.807, 2.05) is 19.1 Å². The summed E-state index contributed by atoms with van der Waals surface area (Å²) in [6.45, 7) is 2.00. The van der Waals surface area contributed by atoms with E-state index in [-0.39, 0.29) is 0 Å². The molecule has 0 radical (unpaired) electrons. The number of halogens is 1. The van der Waals surface area contributed by atoms with Crippen molar-refractivity contribution in [1.29, 1.82) is 0 Å². The van der Waals surface area contributed by atoms with Crippen molar-refractivity contribution >= 4 is 32.6 Å². The van der Waals surface area contributed by atoms with Crippen molar-refractivity contribution in [3.05, 3.63) is 28.4 Å². The van der Waals surface area contributed by atoms with Crippen LogP contribution in [0, 0.1) is 6.92 Å². The molecule has 0 saturated carbocycles. The molecule has 1 heterocycles. The number of nitrogen functional groups attached to an aromatic ring is 1. The van der Waals surface area contributed by atoms with Crippen molar-refractivity contribution in [2.24, 2.45) is 0 Å². The van der Waals surface area contributed by atoms with E-state index < -0.39 is 0 Å². The molecule has 0 amide bonds. The van der Waals surface area contributed by atoms with Crippen LogP contribution in [0.1, 0.15) is 5.56 Å². The zero-order valence-electron chi connectivity index (χ0n) is 6.60. The van der Waals surface area contributed by atoms with Crippen LogP contribution < -0.4 is 5.73 Å². The number of rotatable bonds is 0. The van der Waals surface area contributed by atoms with Crippen LogP contribution in [0.5, 0.6) is 0 Å². The van der Waals surface area contributed by atoms with Crippen LogP contribution in [0.25, 0.3) is 11.0 Å². The lowest BCUT2D eigenvalue weighted by atomic mass is 10.2. The summed E-state index contributed by atoms with van der Waals surface area (Å²) in [5, 5.41) is 0.974. The second-order valence-corrected chi connectivity index (χ2v) is 3.71. The van der Waals surface area contributed by atoms with Crippen molar-refractivity contribution in [1.82, 2.24) is 0 Å². The van der Waals surface area contributed by atoms with E-state index in [0.29, 0.717) is 5.69 Å². The van der Waals surface area contributed by atoms with Crippen LogP contribution in [0.15, 0.2) is 27.3 Å². The number of benzene rings is 1. The van der Waals surface area contributed by atoms with Crippen LogP contribution in [-0.2, 0) is 0 Å². The van der Waals surface area contributed by atoms with Gasteiger partial charge in [-0.2, -0.15) is 0 Å². The summed E-state index contributed by atoms with van der Waals surface area (Å²) in [5.41, 5.74) is 8.35. The third-order valence-electron chi connectivity index (χ3n) is 1.85. The topological polar surface area (TPSA) is 39.2 Å². The summed E-state index contributed by atoms with van der Waals surface area (Å²) in [7, 11) is 0. The molecule has 0 aliphatic rings. The van der Waals surface area contributed by atoms with Crippen LogP contribution in [0.2, 0.25) is 0 Å². The second kappa shape index (κ2) is 2.52. The van der Waals surface area contributed by atoms with E-state index in [1.165, 1.54) is 0 Å². The Morgan fingerprint density at radius 2 is 2.17 bits per heavy atom. The Bertz CT molecular complexity index is 433. The monoisotopic (exact) mass is 225 g/mol. The molecule has 1 aromatic carbocycles. The molecule has 3 heteroatoms. The molecule has 62 valence electrons. The lowest BCUT2D eigenvalue weighted by Crippen LogP contribution is -1.81. The molecule has 0 saturated heterocycles. The SMILES string of the molecule is Cc1cc(Br)cc2c(N)coc12. The third-order valence-corrected chi connectivity index (χ3v) is 2.31. The lowest BCUT2D eigenvalue weighted by Gasteiger charge is -1.96. The molecule has 2 rings (SSSR count). The first-order valence-electron chi connectivity index (χ1n) is 3.61. The number of aryl methyl sites for hydroxylation is 1. The minimum absolute atomic E-state index is 0.689. The van der Waals surface area contributed by atoms with Gasteiger partial charge in [0.15, 0.2) is 0 Å². The van der Waals surface area contributed by atoms with Crippen LogP contribution >= 0.6 is 15.9 Å². The molecule has 2 N–H and O–H groups in total. The number of fused-ring (bicyclic) bond motifs is 1. The van der Waals surface area contributed by atoms with Gasteiger partial charge in [0.2, 0.25) is 0 Å². The van der Waals surface area contributed by atoms with Gasteiger partial charge in [-0.05, 0) is 24.6 Å². The van der Waals surface area contributed by atoms with Crippen molar-refractivity contribution in [2.75, 3.05) is 5.73 Å². The Hall–Kier alpha value is -0.960. The van der Waals surface area contributed by atoms with Gasteiger partial charge >= 0.3 is 0 Å². The average molecular weight is 226 g/mol. The van der Waals surface area contributed by atoms with Crippen molar-refractivity contribution in [2.45, 2.75) is 6.92 Å². The molecule has 0 aliphatic carbocycles. The zero-order chi connectivity index (χ0) is 8.72. The minimum Gasteiger partial charge on any atom is -0.462 e. The predicted molar refractivity (Wildman–Crippen MR) is 53.1 cm³/mol. The maximum Gasteiger partial charge on any atom is 0.139 e. The lowest BCUT2D eigenvalue weighted by molar-refractivity contribution is 0.614. The zero-order valence-corrected chi connectivity index (χ0v) is 8.18. The molecule has 2 nitrogen and oxygen atoms in total. The molecule has 12 heavy (non-hydrogen) atoms. The highest BCUT2D eigenvalue weighted by Crippen LogP contribution is 2.29. The van der Waals surface area contributed by atoms with Gasteiger partial charge in [-0.3, -0.25) is 0 Å². The molecular weight excluding hydrogens is 218 g/mol. The molecule has 0 spiro atoms. The summed E-state index contributed by atoms with van der Waals surface area (Å²) in [4.78, 5) is 0. The average Bonchev–Trinajstić information content (AvgIpc) is 2.33. The highest BCUT2D eigenvalue weighted by Gasteiger charge is 2.05. The number of hydrogen-bond donors (Lipinski definition) is 1. The number of furan rings is 1. The maximum atomic E-state index is 5.70. The molecule has 2 aromatic rings. The van der Waals surface area contributed by atoms with Gasteiger partial charge in [0.25, 0.3) is 0 Å². The fourth-order valence-electron chi connectivity index (χ4n) is 1.29. The molecule has 0 aliphatic heterocycles. The van der Waals surface area contributed by atoms with E-state index in [9.17, 15) is 0 Å². The van der Waals surface area contributed by atoms with Gasteiger partial charge in [-0.25, -0.2) is 0 Å². The van der Waals surface area contributed by atoms with Crippen molar-refractivity contribution in [3.8, 4) is 0 Å². The Kier molecular flexibility index (Phi) is 1.61. The van der Waals surface area contributed by atoms with Gasteiger partial charge in [0.1, 0.15) is 11.8 Å². The molecule has 0 bridgehead atoms. The van der Waals surface area contributed by atoms with Crippen molar-refractivity contribution < 1.29 is 4.42 Å². The van der Waals surface area contributed by atoms with E-state index in [1.54, 1.807) is 6.26 Å². The summed E-state index contributed by atoms with van der Waals surface area (Å²) < 4.78 is 6.32. The fourth-order valence-corrected chi connectivity index (χ4v) is 1.86. The van der Waals surface area contributed by atoms with Crippen LogP contribution in [0.3, 0.4) is 0 Å². The highest BCUT2D eigenvalue weighted by atomic mass is 79.9. The standard InChI is InChI=1S/C9H8BrNO/c1-5-2-6(10)3-7-8(11)4-12-9(5)7/h2-4H,11H2,1H3. The van der Waals surface area contributed by atoms with E-state index >= 15 is 0 Å².